The first-order valence-electron chi connectivity index (χ1n) is 11.6. The summed E-state index contributed by atoms with van der Waals surface area (Å²) in [6, 6.07) is 19.8. The van der Waals surface area contributed by atoms with E-state index in [2.05, 4.69) is 0 Å². The Morgan fingerprint density at radius 1 is 0.800 bits per heavy atom. The summed E-state index contributed by atoms with van der Waals surface area (Å²) in [5.41, 5.74) is 3.34. The van der Waals surface area contributed by atoms with Crippen molar-refractivity contribution in [3.63, 3.8) is 0 Å². The van der Waals surface area contributed by atoms with Crippen molar-refractivity contribution in [1.82, 2.24) is 13.8 Å². The molecule has 1 amide bonds. The highest BCUT2D eigenvalue weighted by molar-refractivity contribution is 7.89. The fourth-order valence-electron chi connectivity index (χ4n) is 4.68. The molecular weight excluding hydrogens is 462 g/mol. The van der Waals surface area contributed by atoms with E-state index in [1.165, 1.54) is 4.31 Å². The lowest BCUT2D eigenvalue weighted by Crippen LogP contribution is -2.51. The minimum absolute atomic E-state index is 0.0509. The van der Waals surface area contributed by atoms with Gasteiger partial charge in [-0.15, -0.1) is 0 Å². The zero-order valence-electron chi connectivity index (χ0n) is 19.8. The Morgan fingerprint density at radius 3 is 1.94 bits per heavy atom. The third-order valence-corrected chi connectivity index (χ3v) is 8.77. The van der Waals surface area contributed by atoms with E-state index < -0.39 is 10.0 Å². The molecule has 0 spiro atoms. The Hall–Kier alpha value is -3.49. The number of fused-ring (bicyclic) bond motifs is 2. The number of aromatic nitrogens is 1. The fourth-order valence-corrected chi connectivity index (χ4v) is 6.19. The van der Waals surface area contributed by atoms with E-state index in [4.69, 9.17) is 0 Å². The van der Waals surface area contributed by atoms with Gasteiger partial charge in [-0.1, -0.05) is 30.3 Å². The molecule has 7 nitrogen and oxygen atoms in total. The van der Waals surface area contributed by atoms with Crippen LogP contribution in [0.3, 0.4) is 0 Å². The number of carbonyl (C=O) groups is 1. The van der Waals surface area contributed by atoms with Crippen LogP contribution in [0.4, 0.5) is 0 Å². The SMILES string of the molecule is Cc1ccc(S(=O)(=O)N2CCN(C(=O)Cn3c4ccccc4c(=O)c4ccccc43)CC2)cc1C. The Balaban J connectivity index is 1.38. The van der Waals surface area contributed by atoms with Crippen LogP contribution in [0.5, 0.6) is 0 Å². The topological polar surface area (TPSA) is 79.7 Å². The smallest absolute Gasteiger partial charge is 0.243 e. The molecule has 3 aromatic carbocycles. The number of hydrogen-bond acceptors (Lipinski definition) is 4. The fraction of sp³-hybridized carbons (Fsp3) is 0.259. The molecule has 1 fully saturated rings. The zero-order chi connectivity index (χ0) is 24.7. The standard InChI is InChI=1S/C27H27N3O4S/c1-19-11-12-21(17-20(19)2)35(33,34)29-15-13-28(14-16-29)26(31)18-30-24-9-5-3-7-22(24)27(32)23-8-4-6-10-25(23)30/h3-12,17H,13-16,18H2,1-2H3. The van der Waals surface area contributed by atoms with Gasteiger partial charge < -0.3 is 9.47 Å². The number of aryl methyl sites for hydroxylation is 2. The summed E-state index contributed by atoms with van der Waals surface area (Å²) in [5.74, 6) is -0.104. The van der Waals surface area contributed by atoms with Crippen molar-refractivity contribution >= 4 is 37.7 Å². The van der Waals surface area contributed by atoms with Crippen molar-refractivity contribution in [3.05, 3.63) is 88.1 Å². The van der Waals surface area contributed by atoms with Crippen molar-refractivity contribution in [2.75, 3.05) is 26.2 Å². The Morgan fingerprint density at radius 2 is 1.37 bits per heavy atom. The summed E-state index contributed by atoms with van der Waals surface area (Å²) in [6.07, 6.45) is 0. The average molecular weight is 490 g/mol. The van der Waals surface area contributed by atoms with Crippen LogP contribution in [0, 0.1) is 13.8 Å². The monoisotopic (exact) mass is 489 g/mol. The molecule has 35 heavy (non-hydrogen) atoms. The minimum atomic E-state index is -3.62. The minimum Gasteiger partial charge on any atom is -0.339 e. The highest BCUT2D eigenvalue weighted by Crippen LogP contribution is 2.22. The van der Waals surface area contributed by atoms with Crippen molar-refractivity contribution in [3.8, 4) is 0 Å². The van der Waals surface area contributed by atoms with E-state index in [-0.39, 0.29) is 35.9 Å². The van der Waals surface area contributed by atoms with Gasteiger partial charge in [0, 0.05) is 37.0 Å². The summed E-state index contributed by atoms with van der Waals surface area (Å²) < 4.78 is 29.6. The van der Waals surface area contributed by atoms with Gasteiger partial charge in [0.2, 0.25) is 15.9 Å². The Labute approximate surface area is 204 Å². The molecule has 0 saturated carbocycles. The van der Waals surface area contributed by atoms with Gasteiger partial charge >= 0.3 is 0 Å². The van der Waals surface area contributed by atoms with Gasteiger partial charge in [-0.2, -0.15) is 4.31 Å². The van der Waals surface area contributed by atoms with E-state index >= 15 is 0 Å². The van der Waals surface area contributed by atoms with Crippen molar-refractivity contribution in [2.45, 2.75) is 25.3 Å². The first-order valence-corrected chi connectivity index (χ1v) is 13.1. The molecule has 0 bridgehead atoms. The van der Waals surface area contributed by atoms with Gasteiger partial charge in [0.25, 0.3) is 0 Å². The second-order valence-corrected chi connectivity index (χ2v) is 10.9. The van der Waals surface area contributed by atoms with Gasteiger partial charge in [-0.05, 0) is 61.4 Å². The predicted molar refractivity (Wildman–Crippen MR) is 137 cm³/mol. The maximum Gasteiger partial charge on any atom is 0.243 e. The lowest BCUT2D eigenvalue weighted by atomic mass is 10.1. The van der Waals surface area contributed by atoms with Gasteiger partial charge in [0.1, 0.15) is 6.54 Å². The van der Waals surface area contributed by atoms with Crippen LogP contribution in [0.2, 0.25) is 0 Å². The van der Waals surface area contributed by atoms with Gasteiger partial charge in [-0.25, -0.2) is 8.42 Å². The first-order chi connectivity index (χ1) is 16.8. The highest BCUT2D eigenvalue weighted by atomic mass is 32.2. The normalized spacial score (nSPS) is 15.1. The Kier molecular flexibility index (Phi) is 5.94. The van der Waals surface area contributed by atoms with E-state index in [9.17, 15) is 18.0 Å². The molecule has 0 radical (unpaired) electrons. The predicted octanol–water partition coefficient (Wildman–Crippen LogP) is 3.30. The second-order valence-electron chi connectivity index (χ2n) is 8.98. The van der Waals surface area contributed by atoms with Crippen LogP contribution in [0.1, 0.15) is 11.1 Å². The van der Waals surface area contributed by atoms with Gasteiger partial charge in [-0.3, -0.25) is 9.59 Å². The number of benzene rings is 3. The third kappa shape index (κ3) is 4.13. The molecule has 0 atom stereocenters. The summed E-state index contributed by atoms with van der Waals surface area (Å²) in [4.78, 5) is 28.2. The van der Waals surface area contributed by atoms with Crippen LogP contribution < -0.4 is 5.43 Å². The van der Waals surface area contributed by atoms with Crippen LogP contribution in [0.15, 0.2) is 76.4 Å². The quantitative estimate of drug-likeness (QED) is 0.412. The zero-order valence-corrected chi connectivity index (χ0v) is 20.6. The number of rotatable bonds is 4. The van der Waals surface area contributed by atoms with Crippen molar-refractivity contribution < 1.29 is 13.2 Å². The molecule has 5 rings (SSSR count). The molecule has 1 aliphatic heterocycles. The number of pyridine rings is 1. The number of para-hydroxylation sites is 2. The molecule has 180 valence electrons. The van der Waals surface area contributed by atoms with Gasteiger partial charge in [0.15, 0.2) is 5.43 Å². The third-order valence-electron chi connectivity index (χ3n) is 6.88. The van der Waals surface area contributed by atoms with Crippen LogP contribution in [0.25, 0.3) is 21.8 Å². The lowest BCUT2D eigenvalue weighted by Gasteiger charge is -2.34. The molecule has 1 saturated heterocycles. The van der Waals surface area contributed by atoms with Crippen molar-refractivity contribution in [2.24, 2.45) is 0 Å². The molecular formula is C27H27N3O4S. The summed E-state index contributed by atoms with van der Waals surface area (Å²) in [6.45, 7) is 5.04. The highest BCUT2D eigenvalue weighted by Gasteiger charge is 2.30. The van der Waals surface area contributed by atoms with Crippen LogP contribution in [-0.2, 0) is 21.4 Å². The Bertz CT molecular complexity index is 1560. The molecule has 0 aliphatic carbocycles. The maximum atomic E-state index is 13.3. The number of sulfonamides is 1. The number of hydrogen-bond donors (Lipinski definition) is 0. The summed E-state index contributed by atoms with van der Waals surface area (Å²) in [7, 11) is -3.62. The molecule has 1 aromatic heterocycles. The summed E-state index contributed by atoms with van der Waals surface area (Å²) in [5, 5.41) is 1.15. The van der Waals surface area contributed by atoms with E-state index in [0.29, 0.717) is 34.9 Å². The van der Waals surface area contributed by atoms with Crippen LogP contribution >= 0.6 is 0 Å². The second kappa shape index (κ2) is 8.94. The van der Waals surface area contributed by atoms with Crippen molar-refractivity contribution in [1.29, 1.82) is 0 Å². The maximum absolute atomic E-state index is 13.3. The number of nitrogens with zero attached hydrogens (tertiary/aromatic N) is 3. The van der Waals surface area contributed by atoms with E-state index in [1.54, 1.807) is 29.2 Å². The molecule has 1 aliphatic rings. The molecule has 0 N–H and O–H groups in total. The first kappa shape index (κ1) is 23.3. The number of carbonyl (C=O) groups excluding carboxylic acids is 1. The van der Waals surface area contributed by atoms with Gasteiger partial charge in [0.05, 0.1) is 15.9 Å². The molecule has 8 heteroatoms. The van der Waals surface area contributed by atoms with E-state index in [0.717, 1.165) is 11.1 Å². The van der Waals surface area contributed by atoms with E-state index in [1.807, 2.05) is 60.9 Å². The summed E-state index contributed by atoms with van der Waals surface area (Å²) >= 11 is 0. The van der Waals surface area contributed by atoms with Crippen LogP contribution in [-0.4, -0.2) is 54.3 Å². The molecule has 4 aromatic rings. The molecule has 2 heterocycles. The molecule has 0 unspecified atom stereocenters. The lowest BCUT2D eigenvalue weighted by molar-refractivity contribution is -0.132. The largest absolute Gasteiger partial charge is 0.339 e. The number of piperazine rings is 1. The number of amides is 1. The average Bonchev–Trinajstić information content (AvgIpc) is 2.88.